The van der Waals surface area contributed by atoms with Gasteiger partial charge in [-0.3, -0.25) is 4.79 Å². The van der Waals surface area contributed by atoms with Crippen molar-refractivity contribution in [2.45, 2.75) is 26.7 Å². The lowest BCUT2D eigenvalue weighted by atomic mass is 10.0. The van der Waals surface area contributed by atoms with E-state index in [1.54, 1.807) is 0 Å². The molecule has 15 heavy (non-hydrogen) atoms. The molecule has 1 aromatic rings. The summed E-state index contributed by atoms with van der Waals surface area (Å²) in [5.74, 6) is 0.739. The van der Waals surface area contributed by atoms with Gasteiger partial charge in [-0.25, -0.2) is 4.98 Å². The molecular formula is C11H16N2OS. The van der Waals surface area contributed by atoms with E-state index in [-0.39, 0.29) is 5.91 Å². The number of amides is 1. The van der Waals surface area contributed by atoms with E-state index in [1.807, 2.05) is 17.2 Å². The summed E-state index contributed by atoms with van der Waals surface area (Å²) in [4.78, 5) is 18.2. The first-order chi connectivity index (χ1) is 7.16. The van der Waals surface area contributed by atoms with Crippen LogP contribution in [0, 0.1) is 12.8 Å². The second-order valence-electron chi connectivity index (χ2n) is 4.29. The van der Waals surface area contributed by atoms with Gasteiger partial charge in [0.25, 0.3) is 5.91 Å². The lowest BCUT2D eigenvalue weighted by Crippen LogP contribution is -2.39. The number of nitrogens with zero attached hydrogens (tertiary/aromatic N) is 2. The molecular weight excluding hydrogens is 208 g/mol. The summed E-state index contributed by atoms with van der Waals surface area (Å²) in [6.07, 6.45) is 2.36. The number of hydrogen-bond acceptors (Lipinski definition) is 3. The maximum atomic E-state index is 12.0. The molecule has 2 heterocycles. The van der Waals surface area contributed by atoms with Crippen LogP contribution in [0.2, 0.25) is 0 Å². The molecule has 0 saturated carbocycles. The van der Waals surface area contributed by atoms with E-state index in [1.165, 1.54) is 17.8 Å². The Morgan fingerprint density at radius 1 is 1.67 bits per heavy atom. The molecule has 0 aliphatic carbocycles. The standard InChI is InChI=1S/C11H16N2OS/c1-8-4-3-5-13(6-8)11(14)10-12-9(2)7-15-10/h7-8H,3-6H2,1-2H3. The SMILES string of the molecule is Cc1csc(C(=O)N2CCCC(C)C2)n1. The summed E-state index contributed by atoms with van der Waals surface area (Å²) in [6.45, 7) is 5.90. The maximum absolute atomic E-state index is 12.0. The zero-order chi connectivity index (χ0) is 10.8. The van der Waals surface area contributed by atoms with Crippen molar-refractivity contribution in [3.8, 4) is 0 Å². The molecule has 1 fully saturated rings. The van der Waals surface area contributed by atoms with Crippen LogP contribution in [0.15, 0.2) is 5.38 Å². The van der Waals surface area contributed by atoms with E-state index in [0.29, 0.717) is 10.9 Å². The van der Waals surface area contributed by atoms with E-state index in [0.717, 1.165) is 25.2 Å². The monoisotopic (exact) mass is 224 g/mol. The fourth-order valence-electron chi connectivity index (χ4n) is 1.96. The molecule has 1 unspecified atom stereocenters. The van der Waals surface area contributed by atoms with Crippen molar-refractivity contribution in [2.24, 2.45) is 5.92 Å². The molecule has 2 rings (SSSR count). The predicted molar refractivity (Wildman–Crippen MR) is 61.2 cm³/mol. The number of likely N-dealkylation sites (tertiary alicyclic amines) is 1. The molecule has 1 aliphatic heterocycles. The first-order valence-corrected chi connectivity index (χ1v) is 6.26. The maximum Gasteiger partial charge on any atom is 0.282 e. The van der Waals surface area contributed by atoms with Gasteiger partial charge in [-0.05, 0) is 25.7 Å². The van der Waals surface area contributed by atoms with Gasteiger partial charge in [-0.1, -0.05) is 6.92 Å². The Morgan fingerprint density at radius 2 is 2.47 bits per heavy atom. The summed E-state index contributed by atoms with van der Waals surface area (Å²) in [7, 11) is 0. The number of piperidine rings is 1. The number of carbonyl (C=O) groups excluding carboxylic acids is 1. The van der Waals surface area contributed by atoms with Crippen LogP contribution in [0.3, 0.4) is 0 Å². The zero-order valence-corrected chi connectivity index (χ0v) is 10.0. The minimum Gasteiger partial charge on any atom is -0.336 e. The number of carbonyl (C=O) groups is 1. The van der Waals surface area contributed by atoms with Crippen LogP contribution in [0.5, 0.6) is 0 Å². The van der Waals surface area contributed by atoms with Crippen molar-refractivity contribution < 1.29 is 4.79 Å². The van der Waals surface area contributed by atoms with Crippen molar-refractivity contribution in [1.29, 1.82) is 0 Å². The van der Waals surface area contributed by atoms with Gasteiger partial charge in [0.05, 0.1) is 0 Å². The second kappa shape index (κ2) is 4.31. The lowest BCUT2D eigenvalue weighted by molar-refractivity contribution is 0.0682. The molecule has 1 aromatic heterocycles. The molecule has 0 spiro atoms. The fraction of sp³-hybridized carbons (Fsp3) is 0.636. The highest BCUT2D eigenvalue weighted by Crippen LogP contribution is 2.19. The first-order valence-electron chi connectivity index (χ1n) is 5.38. The van der Waals surface area contributed by atoms with Crippen LogP contribution >= 0.6 is 11.3 Å². The van der Waals surface area contributed by atoms with Crippen molar-refractivity contribution in [3.63, 3.8) is 0 Å². The van der Waals surface area contributed by atoms with Gasteiger partial charge >= 0.3 is 0 Å². The summed E-state index contributed by atoms with van der Waals surface area (Å²) in [5.41, 5.74) is 0.938. The Balaban J connectivity index is 2.07. The molecule has 0 radical (unpaired) electrons. The van der Waals surface area contributed by atoms with Crippen molar-refractivity contribution >= 4 is 17.2 Å². The van der Waals surface area contributed by atoms with Crippen molar-refractivity contribution in [1.82, 2.24) is 9.88 Å². The Labute approximate surface area is 94.1 Å². The fourth-order valence-corrected chi connectivity index (χ4v) is 2.72. The van der Waals surface area contributed by atoms with Crippen LogP contribution in [-0.4, -0.2) is 28.9 Å². The molecule has 3 nitrogen and oxygen atoms in total. The van der Waals surface area contributed by atoms with E-state index in [2.05, 4.69) is 11.9 Å². The normalized spacial score (nSPS) is 21.7. The first kappa shape index (κ1) is 10.6. The molecule has 1 atom stereocenters. The highest BCUT2D eigenvalue weighted by molar-refractivity contribution is 7.11. The highest BCUT2D eigenvalue weighted by Gasteiger charge is 2.23. The third-order valence-electron chi connectivity index (χ3n) is 2.75. The number of aromatic nitrogens is 1. The Kier molecular flexibility index (Phi) is 3.05. The van der Waals surface area contributed by atoms with Crippen LogP contribution in [0.1, 0.15) is 35.3 Å². The van der Waals surface area contributed by atoms with Crippen molar-refractivity contribution in [2.75, 3.05) is 13.1 Å². The van der Waals surface area contributed by atoms with Crippen LogP contribution in [0.25, 0.3) is 0 Å². The van der Waals surface area contributed by atoms with Crippen LogP contribution < -0.4 is 0 Å². The molecule has 0 bridgehead atoms. The van der Waals surface area contributed by atoms with Crippen LogP contribution in [0.4, 0.5) is 0 Å². The van der Waals surface area contributed by atoms with E-state index in [9.17, 15) is 4.79 Å². The van der Waals surface area contributed by atoms with Gasteiger partial charge in [0.1, 0.15) is 0 Å². The summed E-state index contributed by atoms with van der Waals surface area (Å²) in [6, 6.07) is 0. The van der Waals surface area contributed by atoms with E-state index < -0.39 is 0 Å². The third kappa shape index (κ3) is 2.37. The van der Waals surface area contributed by atoms with Gasteiger partial charge < -0.3 is 4.90 Å². The summed E-state index contributed by atoms with van der Waals surface area (Å²) < 4.78 is 0. The van der Waals surface area contributed by atoms with Crippen LogP contribution in [-0.2, 0) is 0 Å². The molecule has 1 aliphatic rings. The quantitative estimate of drug-likeness (QED) is 0.733. The average molecular weight is 224 g/mol. The Bertz CT molecular complexity index is 361. The van der Waals surface area contributed by atoms with Gasteiger partial charge in [-0.15, -0.1) is 11.3 Å². The van der Waals surface area contributed by atoms with Crippen molar-refractivity contribution in [3.05, 3.63) is 16.1 Å². The number of thiazole rings is 1. The predicted octanol–water partition coefficient (Wildman–Crippen LogP) is 2.32. The molecule has 1 amide bonds. The minimum atomic E-state index is 0.111. The molecule has 0 aromatic carbocycles. The van der Waals surface area contributed by atoms with Gasteiger partial charge in [0.2, 0.25) is 0 Å². The highest BCUT2D eigenvalue weighted by atomic mass is 32.1. The Hall–Kier alpha value is -0.900. The zero-order valence-electron chi connectivity index (χ0n) is 9.19. The summed E-state index contributed by atoms with van der Waals surface area (Å²) in [5, 5.41) is 2.57. The minimum absolute atomic E-state index is 0.111. The average Bonchev–Trinajstić information content (AvgIpc) is 2.64. The molecule has 1 saturated heterocycles. The van der Waals surface area contributed by atoms with Gasteiger partial charge in [-0.2, -0.15) is 0 Å². The molecule has 0 N–H and O–H groups in total. The molecule has 82 valence electrons. The third-order valence-corrected chi connectivity index (χ3v) is 3.69. The van der Waals surface area contributed by atoms with E-state index >= 15 is 0 Å². The summed E-state index contributed by atoms with van der Waals surface area (Å²) >= 11 is 1.45. The smallest absolute Gasteiger partial charge is 0.282 e. The number of aryl methyl sites for hydroxylation is 1. The van der Waals surface area contributed by atoms with Gasteiger partial charge in [0, 0.05) is 24.2 Å². The number of rotatable bonds is 1. The largest absolute Gasteiger partial charge is 0.336 e. The lowest BCUT2D eigenvalue weighted by Gasteiger charge is -2.30. The van der Waals surface area contributed by atoms with E-state index in [4.69, 9.17) is 0 Å². The number of hydrogen-bond donors (Lipinski definition) is 0. The topological polar surface area (TPSA) is 33.2 Å². The Morgan fingerprint density at radius 3 is 3.07 bits per heavy atom. The second-order valence-corrected chi connectivity index (χ2v) is 5.15. The molecule has 4 heteroatoms. The van der Waals surface area contributed by atoms with Gasteiger partial charge in [0.15, 0.2) is 5.01 Å².